The minimum absolute atomic E-state index is 0.653. The molecule has 112 valence electrons. The Labute approximate surface area is 123 Å². The Morgan fingerprint density at radius 3 is 1.90 bits per heavy atom. The van der Waals surface area contributed by atoms with Crippen molar-refractivity contribution in [3.8, 4) is 0 Å². The summed E-state index contributed by atoms with van der Waals surface area (Å²) < 4.78 is 0. The largest absolute Gasteiger partial charge is 0.481 e. The number of aliphatic carboxylic acids is 1. The van der Waals surface area contributed by atoms with Gasteiger partial charge in [0, 0.05) is 0 Å². The SMILES string of the molecule is CCc1cc(CC)c(CCC(C)(C)C(=O)O)c(CC)c1. The fourth-order valence-electron chi connectivity index (χ4n) is 2.57. The van der Waals surface area contributed by atoms with Crippen LogP contribution in [-0.4, -0.2) is 11.1 Å². The van der Waals surface area contributed by atoms with Crippen molar-refractivity contribution in [1.82, 2.24) is 0 Å². The van der Waals surface area contributed by atoms with Gasteiger partial charge in [0.15, 0.2) is 0 Å². The lowest BCUT2D eigenvalue weighted by atomic mass is 9.83. The zero-order valence-electron chi connectivity index (χ0n) is 13.5. The van der Waals surface area contributed by atoms with Crippen LogP contribution in [0.3, 0.4) is 0 Å². The Morgan fingerprint density at radius 2 is 1.55 bits per heavy atom. The van der Waals surface area contributed by atoms with Crippen molar-refractivity contribution in [2.45, 2.75) is 66.7 Å². The summed E-state index contributed by atoms with van der Waals surface area (Å²) in [4.78, 5) is 11.3. The average molecular weight is 276 g/mol. The molecule has 0 amide bonds. The van der Waals surface area contributed by atoms with E-state index in [2.05, 4.69) is 32.9 Å². The van der Waals surface area contributed by atoms with E-state index in [1.54, 1.807) is 0 Å². The van der Waals surface area contributed by atoms with Gasteiger partial charge in [-0.3, -0.25) is 4.79 Å². The molecule has 0 radical (unpaired) electrons. The fourth-order valence-corrected chi connectivity index (χ4v) is 2.57. The first kappa shape index (κ1) is 16.7. The Hall–Kier alpha value is -1.31. The highest BCUT2D eigenvalue weighted by Gasteiger charge is 2.27. The van der Waals surface area contributed by atoms with Crippen LogP contribution in [0.5, 0.6) is 0 Å². The highest BCUT2D eigenvalue weighted by atomic mass is 16.4. The maximum atomic E-state index is 11.3. The first-order valence-corrected chi connectivity index (χ1v) is 7.72. The number of carboxylic acids is 1. The lowest BCUT2D eigenvalue weighted by Crippen LogP contribution is -2.24. The van der Waals surface area contributed by atoms with E-state index in [-0.39, 0.29) is 0 Å². The summed E-state index contributed by atoms with van der Waals surface area (Å²) in [5, 5.41) is 9.25. The van der Waals surface area contributed by atoms with E-state index in [0.717, 1.165) is 25.7 Å². The Bertz CT molecular complexity index is 447. The van der Waals surface area contributed by atoms with Crippen LogP contribution in [0, 0.1) is 5.41 Å². The molecule has 1 aromatic rings. The van der Waals surface area contributed by atoms with Gasteiger partial charge in [-0.25, -0.2) is 0 Å². The molecule has 0 aromatic heterocycles. The fraction of sp³-hybridized carbons (Fsp3) is 0.611. The molecule has 1 rings (SSSR count). The van der Waals surface area contributed by atoms with Crippen LogP contribution < -0.4 is 0 Å². The number of carbonyl (C=O) groups is 1. The van der Waals surface area contributed by atoms with Crippen molar-refractivity contribution in [1.29, 1.82) is 0 Å². The molecule has 0 heterocycles. The monoisotopic (exact) mass is 276 g/mol. The molecule has 0 spiro atoms. The number of benzene rings is 1. The molecule has 0 aliphatic rings. The predicted octanol–water partition coefficient (Wildman–Crippen LogP) is 4.42. The normalized spacial score (nSPS) is 11.7. The number of hydrogen-bond acceptors (Lipinski definition) is 1. The van der Waals surface area contributed by atoms with Crippen LogP contribution in [0.4, 0.5) is 0 Å². The zero-order chi connectivity index (χ0) is 15.3. The number of aryl methyl sites for hydroxylation is 3. The quantitative estimate of drug-likeness (QED) is 0.800. The van der Waals surface area contributed by atoms with Gasteiger partial charge in [0.05, 0.1) is 5.41 Å². The van der Waals surface area contributed by atoms with Gasteiger partial charge in [-0.05, 0) is 68.2 Å². The maximum absolute atomic E-state index is 11.3. The van der Waals surface area contributed by atoms with E-state index in [4.69, 9.17) is 0 Å². The molecule has 0 saturated heterocycles. The van der Waals surface area contributed by atoms with E-state index in [1.807, 2.05) is 13.8 Å². The van der Waals surface area contributed by atoms with Crippen LogP contribution in [0.1, 0.15) is 63.3 Å². The summed E-state index contributed by atoms with van der Waals surface area (Å²) in [5.74, 6) is -0.709. The molecule has 0 unspecified atom stereocenters. The smallest absolute Gasteiger partial charge is 0.309 e. The van der Waals surface area contributed by atoms with Gasteiger partial charge in [-0.2, -0.15) is 0 Å². The Morgan fingerprint density at radius 1 is 1.05 bits per heavy atom. The van der Waals surface area contributed by atoms with Gasteiger partial charge in [-0.1, -0.05) is 32.9 Å². The number of rotatable bonds is 7. The zero-order valence-corrected chi connectivity index (χ0v) is 13.5. The molecule has 0 bridgehead atoms. The third-order valence-electron chi connectivity index (χ3n) is 4.24. The topological polar surface area (TPSA) is 37.3 Å². The van der Waals surface area contributed by atoms with Crippen molar-refractivity contribution < 1.29 is 9.90 Å². The number of carboxylic acid groups (broad SMARTS) is 1. The van der Waals surface area contributed by atoms with Crippen LogP contribution in [0.2, 0.25) is 0 Å². The molecule has 0 aliphatic heterocycles. The molecule has 20 heavy (non-hydrogen) atoms. The highest BCUT2D eigenvalue weighted by Crippen LogP contribution is 2.27. The predicted molar refractivity (Wildman–Crippen MR) is 84.3 cm³/mol. The minimum atomic E-state index is -0.709. The summed E-state index contributed by atoms with van der Waals surface area (Å²) in [5.41, 5.74) is 4.89. The Kier molecular flexibility index (Phi) is 5.79. The minimum Gasteiger partial charge on any atom is -0.481 e. The van der Waals surface area contributed by atoms with Gasteiger partial charge in [0.2, 0.25) is 0 Å². The summed E-state index contributed by atoms with van der Waals surface area (Å²) >= 11 is 0. The van der Waals surface area contributed by atoms with E-state index in [1.165, 1.54) is 22.3 Å². The summed E-state index contributed by atoms with van der Waals surface area (Å²) in [7, 11) is 0. The first-order chi connectivity index (χ1) is 9.35. The Balaban J connectivity index is 3.07. The van der Waals surface area contributed by atoms with Gasteiger partial charge >= 0.3 is 5.97 Å². The van der Waals surface area contributed by atoms with E-state index < -0.39 is 11.4 Å². The summed E-state index contributed by atoms with van der Waals surface area (Å²) in [6.45, 7) is 10.2. The third-order valence-corrected chi connectivity index (χ3v) is 4.24. The lowest BCUT2D eigenvalue weighted by Gasteiger charge is -2.22. The van der Waals surface area contributed by atoms with Crippen LogP contribution in [0.15, 0.2) is 12.1 Å². The average Bonchev–Trinajstić information content (AvgIpc) is 2.43. The molecule has 2 nitrogen and oxygen atoms in total. The maximum Gasteiger partial charge on any atom is 0.309 e. The molecule has 0 aliphatic carbocycles. The van der Waals surface area contributed by atoms with Gasteiger partial charge in [0.1, 0.15) is 0 Å². The lowest BCUT2D eigenvalue weighted by molar-refractivity contribution is -0.147. The van der Waals surface area contributed by atoms with E-state index in [9.17, 15) is 9.90 Å². The van der Waals surface area contributed by atoms with Crippen LogP contribution >= 0.6 is 0 Å². The molecule has 1 N–H and O–H groups in total. The standard InChI is InChI=1S/C18H28O2/c1-6-13-11-14(7-2)16(15(8-3)12-13)9-10-18(4,5)17(19)20/h11-12H,6-10H2,1-5H3,(H,19,20). The highest BCUT2D eigenvalue weighted by molar-refractivity contribution is 5.73. The van der Waals surface area contributed by atoms with Crippen LogP contribution in [0.25, 0.3) is 0 Å². The summed E-state index contributed by atoms with van der Waals surface area (Å²) in [6.07, 6.45) is 4.64. The molecule has 0 saturated carbocycles. The second-order valence-electron chi connectivity index (χ2n) is 6.14. The van der Waals surface area contributed by atoms with Crippen molar-refractivity contribution in [2.24, 2.45) is 5.41 Å². The molecular formula is C18H28O2. The molecule has 0 fully saturated rings. The van der Waals surface area contributed by atoms with Crippen molar-refractivity contribution in [2.75, 3.05) is 0 Å². The second-order valence-corrected chi connectivity index (χ2v) is 6.14. The van der Waals surface area contributed by atoms with Gasteiger partial charge in [0.25, 0.3) is 0 Å². The van der Waals surface area contributed by atoms with E-state index in [0.29, 0.717) is 6.42 Å². The van der Waals surface area contributed by atoms with Gasteiger partial charge < -0.3 is 5.11 Å². The molecule has 0 atom stereocenters. The molecule has 1 aromatic carbocycles. The molecular weight excluding hydrogens is 248 g/mol. The van der Waals surface area contributed by atoms with Crippen molar-refractivity contribution in [3.05, 3.63) is 34.4 Å². The van der Waals surface area contributed by atoms with Gasteiger partial charge in [-0.15, -0.1) is 0 Å². The summed E-state index contributed by atoms with van der Waals surface area (Å²) in [6, 6.07) is 4.59. The van der Waals surface area contributed by atoms with Crippen LogP contribution in [-0.2, 0) is 30.5 Å². The third kappa shape index (κ3) is 3.84. The van der Waals surface area contributed by atoms with Crippen molar-refractivity contribution in [3.63, 3.8) is 0 Å². The van der Waals surface area contributed by atoms with E-state index >= 15 is 0 Å². The second kappa shape index (κ2) is 6.92. The van der Waals surface area contributed by atoms with Crippen molar-refractivity contribution >= 4 is 5.97 Å². The number of hydrogen-bond donors (Lipinski definition) is 1. The molecule has 2 heteroatoms. The first-order valence-electron chi connectivity index (χ1n) is 7.72.